The van der Waals surface area contributed by atoms with Crippen LogP contribution in [0.5, 0.6) is 0 Å². The molecule has 5 rings (SSSR count). The van der Waals surface area contributed by atoms with Crippen LogP contribution in [0.1, 0.15) is 62.6 Å². The Kier molecular flexibility index (Phi) is 4.03. The molecule has 0 bridgehead atoms. The third-order valence-corrected chi connectivity index (χ3v) is 5.89. The minimum absolute atomic E-state index is 0.426. The Morgan fingerprint density at radius 3 is 2.65 bits per heavy atom. The Bertz CT molecular complexity index is 870. The van der Waals surface area contributed by atoms with Crippen LogP contribution in [0.15, 0.2) is 18.9 Å². The van der Waals surface area contributed by atoms with Gasteiger partial charge in [-0.2, -0.15) is 0 Å². The number of anilines is 1. The normalized spacial score (nSPS) is 20.1. The van der Waals surface area contributed by atoms with Gasteiger partial charge in [-0.15, -0.1) is 5.10 Å². The van der Waals surface area contributed by atoms with Crippen molar-refractivity contribution in [1.82, 2.24) is 34.9 Å². The van der Waals surface area contributed by atoms with Gasteiger partial charge in [0.05, 0.1) is 18.1 Å². The van der Waals surface area contributed by atoms with Crippen molar-refractivity contribution in [3.8, 4) is 0 Å². The number of aromatic amines is 1. The molecule has 2 fully saturated rings. The monoisotopic (exact) mass is 352 g/mol. The molecule has 0 radical (unpaired) electrons. The summed E-state index contributed by atoms with van der Waals surface area (Å²) in [4.78, 5) is 18.4. The van der Waals surface area contributed by atoms with Crippen molar-refractivity contribution in [3.05, 3.63) is 24.5 Å². The minimum Gasteiger partial charge on any atom is -0.355 e. The molecule has 0 atom stereocenters. The molecule has 3 aromatic heterocycles. The van der Waals surface area contributed by atoms with E-state index in [1.807, 2.05) is 0 Å². The average Bonchev–Trinajstić information content (AvgIpc) is 3.38. The molecule has 136 valence electrons. The van der Waals surface area contributed by atoms with Gasteiger partial charge >= 0.3 is 0 Å². The number of imidazole rings is 1. The third-order valence-electron chi connectivity index (χ3n) is 5.89. The molecular weight excluding hydrogens is 328 g/mol. The molecule has 2 aliphatic rings. The Morgan fingerprint density at radius 2 is 1.81 bits per heavy atom. The van der Waals surface area contributed by atoms with Crippen molar-refractivity contribution in [2.45, 2.75) is 56.9 Å². The summed E-state index contributed by atoms with van der Waals surface area (Å²) in [5.74, 6) is 1.57. The first-order chi connectivity index (χ1) is 12.9. The zero-order chi connectivity index (χ0) is 17.3. The maximum atomic E-state index is 4.49. The number of nitrogens with zero attached hydrogens (tertiary/aromatic N) is 7. The molecule has 0 spiro atoms. The lowest BCUT2D eigenvalue weighted by atomic mass is 9.87. The van der Waals surface area contributed by atoms with Gasteiger partial charge in [-0.3, -0.25) is 0 Å². The number of H-pyrrole nitrogens is 1. The molecule has 1 saturated heterocycles. The first-order valence-electron chi connectivity index (χ1n) is 9.69. The Balaban J connectivity index is 1.27. The van der Waals surface area contributed by atoms with E-state index in [1.54, 1.807) is 12.7 Å². The van der Waals surface area contributed by atoms with Gasteiger partial charge in [0, 0.05) is 25.2 Å². The van der Waals surface area contributed by atoms with Gasteiger partial charge in [-0.25, -0.2) is 19.6 Å². The highest BCUT2D eigenvalue weighted by Gasteiger charge is 2.25. The number of aromatic nitrogens is 7. The fraction of sp³-hybridized carbons (Fsp3) is 0.611. The Labute approximate surface area is 152 Å². The summed E-state index contributed by atoms with van der Waals surface area (Å²) < 4.78 is 2.10. The largest absolute Gasteiger partial charge is 0.355 e. The van der Waals surface area contributed by atoms with E-state index in [1.165, 1.54) is 37.8 Å². The summed E-state index contributed by atoms with van der Waals surface area (Å²) in [6, 6.07) is 0.426. The second-order valence-electron chi connectivity index (χ2n) is 7.47. The first kappa shape index (κ1) is 15.7. The fourth-order valence-electron chi connectivity index (χ4n) is 4.39. The van der Waals surface area contributed by atoms with E-state index >= 15 is 0 Å². The van der Waals surface area contributed by atoms with Crippen LogP contribution in [0.3, 0.4) is 0 Å². The maximum Gasteiger partial charge on any atom is 0.182 e. The summed E-state index contributed by atoms with van der Waals surface area (Å²) in [6.45, 7) is 1.91. The number of hydrogen-bond donors (Lipinski definition) is 1. The van der Waals surface area contributed by atoms with Crippen LogP contribution in [0, 0.1) is 0 Å². The Hall–Kier alpha value is -2.51. The van der Waals surface area contributed by atoms with Crippen LogP contribution < -0.4 is 4.90 Å². The summed E-state index contributed by atoms with van der Waals surface area (Å²) in [6.07, 6.45) is 14.1. The van der Waals surface area contributed by atoms with E-state index in [0.29, 0.717) is 12.0 Å². The van der Waals surface area contributed by atoms with Gasteiger partial charge in [0.2, 0.25) is 0 Å². The SMILES string of the molecule is c1nc(N2CCC(n3cc(C4CCCCC4)nn3)CC2)c2[nH]cnc2n1. The first-order valence-corrected chi connectivity index (χ1v) is 9.69. The molecule has 1 saturated carbocycles. The molecule has 1 aliphatic heterocycles. The van der Waals surface area contributed by atoms with Gasteiger partial charge in [0.25, 0.3) is 0 Å². The lowest BCUT2D eigenvalue weighted by Crippen LogP contribution is -2.35. The number of rotatable bonds is 3. The molecule has 8 heteroatoms. The van der Waals surface area contributed by atoms with Gasteiger partial charge in [-0.1, -0.05) is 24.5 Å². The van der Waals surface area contributed by atoms with Crippen molar-refractivity contribution in [2.24, 2.45) is 0 Å². The van der Waals surface area contributed by atoms with Gasteiger partial charge in [0.1, 0.15) is 11.8 Å². The van der Waals surface area contributed by atoms with Crippen molar-refractivity contribution < 1.29 is 0 Å². The lowest BCUT2D eigenvalue weighted by molar-refractivity contribution is 0.359. The van der Waals surface area contributed by atoms with E-state index in [-0.39, 0.29) is 0 Å². The van der Waals surface area contributed by atoms with E-state index in [2.05, 4.69) is 46.0 Å². The molecule has 4 heterocycles. The minimum atomic E-state index is 0.426. The Morgan fingerprint density at radius 1 is 0.962 bits per heavy atom. The smallest absolute Gasteiger partial charge is 0.182 e. The predicted molar refractivity (Wildman–Crippen MR) is 98.0 cm³/mol. The molecule has 3 aromatic rings. The van der Waals surface area contributed by atoms with Crippen molar-refractivity contribution in [2.75, 3.05) is 18.0 Å². The van der Waals surface area contributed by atoms with Crippen molar-refractivity contribution in [1.29, 1.82) is 0 Å². The topological polar surface area (TPSA) is 88.4 Å². The third kappa shape index (κ3) is 2.83. The summed E-state index contributed by atoms with van der Waals surface area (Å²) in [5.41, 5.74) is 2.85. The predicted octanol–water partition coefficient (Wildman–Crippen LogP) is 2.83. The van der Waals surface area contributed by atoms with Crippen LogP contribution >= 0.6 is 0 Å². The molecule has 8 nitrogen and oxygen atoms in total. The highest BCUT2D eigenvalue weighted by Crippen LogP contribution is 2.33. The van der Waals surface area contributed by atoms with Gasteiger partial charge in [0.15, 0.2) is 11.5 Å². The lowest BCUT2D eigenvalue weighted by Gasteiger charge is -2.32. The highest BCUT2D eigenvalue weighted by molar-refractivity contribution is 5.82. The molecule has 1 N–H and O–H groups in total. The van der Waals surface area contributed by atoms with Crippen LogP contribution in [0.4, 0.5) is 5.82 Å². The molecule has 0 aromatic carbocycles. The van der Waals surface area contributed by atoms with E-state index in [9.17, 15) is 0 Å². The van der Waals surface area contributed by atoms with E-state index in [4.69, 9.17) is 0 Å². The second kappa shape index (κ2) is 6.66. The quantitative estimate of drug-likeness (QED) is 0.780. The molecule has 0 amide bonds. The van der Waals surface area contributed by atoms with Crippen LogP contribution in [0.25, 0.3) is 11.2 Å². The molecule has 1 aliphatic carbocycles. The zero-order valence-corrected chi connectivity index (χ0v) is 14.9. The zero-order valence-electron chi connectivity index (χ0n) is 14.9. The summed E-state index contributed by atoms with van der Waals surface area (Å²) in [5, 5.41) is 8.95. The van der Waals surface area contributed by atoms with E-state index < -0.39 is 0 Å². The molecule has 26 heavy (non-hydrogen) atoms. The number of fused-ring (bicyclic) bond motifs is 1. The summed E-state index contributed by atoms with van der Waals surface area (Å²) >= 11 is 0. The molecular formula is C18H24N8. The number of nitrogens with one attached hydrogen (secondary N) is 1. The van der Waals surface area contributed by atoms with Crippen LogP contribution in [0.2, 0.25) is 0 Å². The standard InChI is InChI=1S/C18H24N8/c1-2-4-13(5-3-1)15-10-26(24-23-15)14-6-8-25(9-7-14)18-16-17(20-11-19-16)21-12-22-18/h10-14H,1-9H2,(H,19,20,21,22). The van der Waals surface area contributed by atoms with Gasteiger partial charge < -0.3 is 9.88 Å². The van der Waals surface area contributed by atoms with Gasteiger partial charge in [-0.05, 0) is 25.7 Å². The van der Waals surface area contributed by atoms with Crippen molar-refractivity contribution >= 4 is 17.0 Å². The van der Waals surface area contributed by atoms with Crippen LogP contribution in [-0.4, -0.2) is 48.0 Å². The summed E-state index contributed by atoms with van der Waals surface area (Å²) in [7, 11) is 0. The molecule has 0 unspecified atom stereocenters. The van der Waals surface area contributed by atoms with E-state index in [0.717, 1.165) is 42.9 Å². The fourth-order valence-corrected chi connectivity index (χ4v) is 4.39. The number of hydrogen-bond acceptors (Lipinski definition) is 6. The van der Waals surface area contributed by atoms with Crippen LogP contribution in [-0.2, 0) is 0 Å². The van der Waals surface area contributed by atoms with Crippen molar-refractivity contribution in [3.63, 3.8) is 0 Å². The number of piperidine rings is 1. The second-order valence-corrected chi connectivity index (χ2v) is 7.47. The average molecular weight is 352 g/mol. The maximum absolute atomic E-state index is 4.49. The highest BCUT2D eigenvalue weighted by atomic mass is 15.4.